The third kappa shape index (κ3) is 4.62. The number of nitro benzene ring substituents is 1. The summed E-state index contributed by atoms with van der Waals surface area (Å²) in [5.41, 5.74) is -0.0235. The summed E-state index contributed by atoms with van der Waals surface area (Å²) in [6, 6.07) is 4.15. The number of carbonyl (C=O) groups excluding carboxylic acids is 1. The van der Waals surface area contributed by atoms with Gasteiger partial charge in [0.05, 0.1) is 4.92 Å². The molecule has 1 aromatic rings. The normalized spacial score (nSPS) is 10.1. The number of halogens is 2. The van der Waals surface area contributed by atoms with Crippen LogP contribution in [0.1, 0.15) is 19.3 Å². The SMILES string of the molecule is O=C(CCCCBr)Nc1ccc(Cl)cc1[N+](=O)[O-]. The van der Waals surface area contributed by atoms with E-state index in [2.05, 4.69) is 21.2 Å². The number of hydrogen-bond donors (Lipinski definition) is 1. The molecule has 0 aliphatic rings. The molecule has 98 valence electrons. The fourth-order valence-electron chi connectivity index (χ4n) is 1.35. The van der Waals surface area contributed by atoms with E-state index in [0.717, 1.165) is 18.2 Å². The Morgan fingerprint density at radius 1 is 1.44 bits per heavy atom. The molecule has 0 aromatic heterocycles. The molecule has 0 radical (unpaired) electrons. The van der Waals surface area contributed by atoms with Crippen LogP contribution in [0.15, 0.2) is 18.2 Å². The van der Waals surface area contributed by atoms with E-state index in [0.29, 0.717) is 6.42 Å². The van der Waals surface area contributed by atoms with Gasteiger partial charge in [-0.1, -0.05) is 27.5 Å². The predicted octanol–water partition coefficient (Wildman–Crippen LogP) is 3.75. The smallest absolute Gasteiger partial charge is 0.294 e. The van der Waals surface area contributed by atoms with Gasteiger partial charge in [-0.25, -0.2) is 0 Å². The largest absolute Gasteiger partial charge is 0.320 e. The first-order chi connectivity index (χ1) is 8.54. The number of nitrogens with one attached hydrogen (secondary N) is 1. The molecule has 0 saturated carbocycles. The minimum absolute atomic E-state index is 0.174. The zero-order chi connectivity index (χ0) is 13.5. The molecule has 0 aliphatic carbocycles. The van der Waals surface area contributed by atoms with Crippen LogP contribution in [0.25, 0.3) is 0 Å². The van der Waals surface area contributed by atoms with E-state index in [-0.39, 0.29) is 22.3 Å². The van der Waals surface area contributed by atoms with E-state index in [1.54, 1.807) is 0 Å². The van der Waals surface area contributed by atoms with Crippen molar-refractivity contribution in [3.63, 3.8) is 0 Å². The third-order valence-corrected chi connectivity index (χ3v) is 3.01. The fourth-order valence-corrected chi connectivity index (χ4v) is 1.92. The number of benzene rings is 1. The molecule has 0 fully saturated rings. The molecule has 0 unspecified atom stereocenters. The second-order valence-corrected chi connectivity index (χ2v) is 4.84. The first kappa shape index (κ1) is 14.9. The van der Waals surface area contributed by atoms with Crippen LogP contribution in [0.4, 0.5) is 11.4 Å². The number of rotatable bonds is 6. The van der Waals surface area contributed by atoms with Crippen molar-refractivity contribution in [2.24, 2.45) is 0 Å². The molecule has 0 atom stereocenters. The highest BCUT2D eigenvalue weighted by Gasteiger charge is 2.16. The second kappa shape index (κ2) is 7.33. The summed E-state index contributed by atoms with van der Waals surface area (Å²) in [4.78, 5) is 21.8. The molecular formula is C11H12BrClN2O3. The van der Waals surface area contributed by atoms with Crippen LogP contribution < -0.4 is 5.32 Å². The van der Waals surface area contributed by atoms with Crippen LogP contribution in [-0.4, -0.2) is 16.2 Å². The maximum atomic E-state index is 11.6. The van der Waals surface area contributed by atoms with Gasteiger partial charge in [0.2, 0.25) is 5.91 Å². The van der Waals surface area contributed by atoms with Gasteiger partial charge in [-0.05, 0) is 25.0 Å². The lowest BCUT2D eigenvalue weighted by Gasteiger charge is -2.05. The quantitative estimate of drug-likeness (QED) is 0.372. The molecule has 7 heteroatoms. The standard InChI is InChI=1S/C11H12BrClN2O3/c12-6-2-1-3-11(16)14-9-5-4-8(13)7-10(9)15(17)18/h4-5,7H,1-3,6H2,(H,14,16). The molecule has 5 nitrogen and oxygen atoms in total. The van der Waals surface area contributed by atoms with Gasteiger partial charge >= 0.3 is 0 Å². The average molecular weight is 336 g/mol. The highest BCUT2D eigenvalue weighted by atomic mass is 79.9. The van der Waals surface area contributed by atoms with Crippen molar-refractivity contribution in [1.29, 1.82) is 0 Å². The first-order valence-electron chi connectivity index (χ1n) is 5.34. The molecule has 0 saturated heterocycles. The van der Waals surface area contributed by atoms with Crippen LogP contribution in [0.5, 0.6) is 0 Å². The van der Waals surface area contributed by atoms with Gasteiger partial charge in [-0.2, -0.15) is 0 Å². The van der Waals surface area contributed by atoms with E-state index in [1.165, 1.54) is 18.2 Å². The number of nitrogens with zero attached hydrogens (tertiary/aromatic N) is 1. The van der Waals surface area contributed by atoms with Gasteiger partial charge in [0, 0.05) is 22.8 Å². The molecule has 1 rings (SSSR count). The molecule has 0 aliphatic heterocycles. The number of nitro groups is 1. The predicted molar refractivity (Wildman–Crippen MR) is 74.4 cm³/mol. The lowest BCUT2D eigenvalue weighted by Crippen LogP contribution is -2.12. The molecule has 18 heavy (non-hydrogen) atoms. The average Bonchev–Trinajstić information content (AvgIpc) is 2.31. The molecule has 1 N–H and O–H groups in total. The highest BCUT2D eigenvalue weighted by Crippen LogP contribution is 2.27. The zero-order valence-electron chi connectivity index (χ0n) is 9.49. The minimum Gasteiger partial charge on any atom is -0.320 e. The number of anilines is 1. The number of amides is 1. The van der Waals surface area contributed by atoms with Crippen molar-refractivity contribution in [1.82, 2.24) is 0 Å². The maximum Gasteiger partial charge on any atom is 0.294 e. The van der Waals surface area contributed by atoms with E-state index in [1.807, 2.05) is 0 Å². The Morgan fingerprint density at radius 2 is 2.17 bits per heavy atom. The molecule has 1 aromatic carbocycles. The van der Waals surface area contributed by atoms with Crippen molar-refractivity contribution < 1.29 is 9.72 Å². The Bertz CT molecular complexity index is 454. The van der Waals surface area contributed by atoms with Crippen LogP contribution in [0.3, 0.4) is 0 Å². The Hall–Kier alpha value is -1.14. The summed E-state index contributed by atoms with van der Waals surface area (Å²) in [5.74, 6) is -0.235. The maximum absolute atomic E-state index is 11.6. The molecule has 0 spiro atoms. The first-order valence-corrected chi connectivity index (χ1v) is 6.84. The fraction of sp³-hybridized carbons (Fsp3) is 0.364. The number of alkyl halides is 1. The third-order valence-electron chi connectivity index (χ3n) is 2.22. The van der Waals surface area contributed by atoms with Crippen molar-refractivity contribution in [3.05, 3.63) is 33.3 Å². The summed E-state index contributed by atoms with van der Waals surface area (Å²) >= 11 is 8.95. The molecule has 0 heterocycles. The Balaban J connectivity index is 2.72. The summed E-state index contributed by atoms with van der Waals surface area (Å²) in [7, 11) is 0. The van der Waals surface area contributed by atoms with E-state index < -0.39 is 4.92 Å². The monoisotopic (exact) mass is 334 g/mol. The van der Waals surface area contributed by atoms with E-state index in [4.69, 9.17) is 11.6 Å². The second-order valence-electron chi connectivity index (χ2n) is 3.61. The summed E-state index contributed by atoms with van der Waals surface area (Å²) < 4.78 is 0. The number of unbranched alkanes of at least 4 members (excludes halogenated alkanes) is 1. The molecule has 0 bridgehead atoms. The van der Waals surface area contributed by atoms with Crippen molar-refractivity contribution >= 4 is 44.8 Å². The topological polar surface area (TPSA) is 72.2 Å². The summed E-state index contributed by atoms with van der Waals surface area (Å²) in [6.45, 7) is 0. The summed E-state index contributed by atoms with van der Waals surface area (Å²) in [6.07, 6.45) is 1.96. The van der Waals surface area contributed by atoms with Gasteiger partial charge in [0.1, 0.15) is 5.69 Å². The van der Waals surface area contributed by atoms with Gasteiger partial charge in [0.25, 0.3) is 5.69 Å². The zero-order valence-corrected chi connectivity index (χ0v) is 11.8. The Kier molecular flexibility index (Phi) is 6.07. The molecule has 1 amide bonds. The number of carbonyl (C=O) groups is 1. The van der Waals surface area contributed by atoms with Crippen molar-refractivity contribution in [2.45, 2.75) is 19.3 Å². The van der Waals surface area contributed by atoms with Gasteiger partial charge < -0.3 is 5.32 Å². The highest BCUT2D eigenvalue weighted by molar-refractivity contribution is 9.09. The van der Waals surface area contributed by atoms with Gasteiger partial charge in [0.15, 0.2) is 0 Å². The van der Waals surface area contributed by atoms with Crippen molar-refractivity contribution in [2.75, 3.05) is 10.6 Å². The Morgan fingerprint density at radius 3 is 2.78 bits per heavy atom. The van der Waals surface area contributed by atoms with Crippen LogP contribution in [0, 0.1) is 10.1 Å². The molecular weight excluding hydrogens is 323 g/mol. The van der Waals surface area contributed by atoms with E-state index >= 15 is 0 Å². The van der Waals surface area contributed by atoms with Crippen LogP contribution in [0.2, 0.25) is 5.02 Å². The van der Waals surface area contributed by atoms with Crippen molar-refractivity contribution in [3.8, 4) is 0 Å². The number of hydrogen-bond acceptors (Lipinski definition) is 3. The van der Waals surface area contributed by atoms with E-state index in [9.17, 15) is 14.9 Å². The lowest BCUT2D eigenvalue weighted by atomic mass is 10.2. The van der Waals surface area contributed by atoms with Gasteiger partial charge in [-0.15, -0.1) is 0 Å². The van der Waals surface area contributed by atoms with Gasteiger partial charge in [-0.3, -0.25) is 14.9 Å². The Labute approximate surface area is 118 Å². The summed E-state index contributed by atoms with van der Waals surface area (Å²) in [5, 5.41) is 14.4. The lowest BCUT2D eigenvalue weighted by molar-refractivity contribution is -0.383. The van der Waals surface area contributed by atoms with Crippen LogP contribution in [-0.2, 0) is 4.79 Å². The van der Waals surface area contributed by atoms with Crippen LogP contribution >= 0.6 is 27.5 Å². The minimum atomic E-state index is -0.569.